The molecule has 88 valence electrons. The zero-order valence-corrected chi connectivity index (χ0v) is 13.1. The van der Waals surface area contributed by atoms with Gasteiger partial charge in [-0.15, -0.1) is 11.6 Å². The predicted molar refractivity (Wildman–Crippen MR) is 81.0 cm³/mol. The second-order valence-electron chi connectivity index (χ2n) is 3.59. The lowest BCUT2D eigenvalue weighted by Crippen LogP contribution is -1.94. The number of benzene rings is 2. The topological polar surface area (TPSA) is 0 Å². The van der Waals surface area contributed by atoms with Crippen molar-refractivity contribution in [2.75, 3.05) is 0 Å². The summed E-state index contributed by atoms with van der Waals surface area (Å²) in [6.45, 7) is 0. The van der Waals surface area contributed by atoms with E-state index in [9.17, 15) is 4.39 Å². The molecule has 0 aliphatic rings. The van der Waals surface area contributed by atoms with Crippen molar-refractivity contribution in [1.82, 2.24) is 0 Å². The Kier molecular flexibility index (Phi) is 4.44. The molecule has 4 heteroatoms. The van der Waals surface area contributed by atoms with Crippen molar-refractivity contribution in [2.45, 2.75) is 5.38 Å². The van der Waals surface area contributed by atoms with Gasteiger partial charge in [-0.1, -0.05) is 18.2 Å². The molecular weight excluding hydrogens is 417 g/mol. The number of rotatable bonds is 2. The first kappa shape index (κ1) is 13.3. The summed E-state index contributed by atoms with van der Waals surface area (Å²) >= 11 is 11.8. The van der Waals surface area contributed by atoms with Crippen molar-refractivity contribution in [2.24, 2.45) is 0 Å². The van der Waals surface area contributed by atoms with Crippen LogP contribution in [0.1, 0.15) is 16.5 Å². The molecule has 0 saturated heterocycles. The summed E-state index contributed by atoms with van der Waals surface area (Å²) in [5.74, 6) is -0.278. The average molecular weight is 425 g/mol. The van der Waals surface area contributed by atoms with Crippen molar-refractivity contribution < 1.29 is 4.39 Å². The van der Waals surface area contributed by atoms with Crippen LogP contribution in [0.15, 0.2) is 46.9 Å². The summed E-state index contributed by atoms with van der Waals surface area (Å²) in [6, 6.07) is 12.8. The molecule has 0 aliphatic heterocycles. The van der Waals surface area contributed by atoms with Crippen LogP contribution in [0.5, 0.6) is 0 Å². The molecule has 2 aromatic rings. The maximum absolute atomic E-state index is 13.1. The third kappa shape index (κ3) is 3.20. The highest BCUT2D eigenvalue weighted by Crippen LogP contribution is 2.31. The van der Waals surface area contributed by atoms with E-state index in [1.54, 1.807) is 12.1 Å². The third-order valence-corrected chi connectivity index (χ3v) is 4.16. The molecule has 0 N–H and O–H groups in total. The van der Waals surface area contributed by atoms with Crippen LogP contribution in [0.3, 0.4) is 0 Å². The molecule has 1 atom stereocenters. The first-order valence-electron chi connectivity index (χ1n) is 4.92. The molecule has 0 nitrogen and oxygen atoms in total. The highest BCUT2D eigenvalue weighted by molar-refractivity contribution is 14.1. The number of alkyl halides is 1. The van der Waals surface area contributed by atoms with Gasteiger partial charge in [0.15, 0.2) is 0 Å². The zero-order valence-electron chi connectivity index (χ0n) is 8.63. The third-order valence-electron chi connectivity index (χ3n) is 2.38. The van der Waals surface area contributed by atoms with Crippen LogP contribution in [0, 0.1) is 9.39 Å². The molecule has 1 unspecified atom stereocenters. The number of hydrogen-bond acceptors (Lipinski definition) is 0. The monoisotopic (exact) mass is 424 g/mol. The summed E-state index contributed by atoms with van der Waals surface area (Å²) in [5, 5.41) is -0.262. The lowest BCUT2D eigenvalue weighted by molar-refractivity contribution is 0.620. The van der Waals surface area contributed by atoms with E-state index in [1.807, 2.05) is 24.3 Å². The molecule has 2 rings (SSSR count). The van der Waals surface area contributed by atoms with Gasteiger partial charge in [-0.3, -0.25) is 0 Å². The molecule has 0 fully saturated rings. The van der Waals surface area contributed by atoms with E-state index in [4.69, 9.17) is 11.6 Å². The maximum Gasteiger partial charge on any atom is 0.137 e. The van der Waals surface area contributed by atoms with Crippen LogP contribution in [0.4, 0.5) is 4.39 Å². The Balaban J connectivity index is 2.36. The van der Waals surface area contributed by atoms with E-state index in [0.717, 1.165) is 14.7 Å². The van der Waals surface area contributed by atoms with Crippen LogP contribution < -0.4 is 0 Å². The second-order valence-corrected chi connectivity index (χ2v) is 6.13. The van der Waals surface area contributed by atoms with Crippen LogP contribution in [-0.4, -0.2) is 0 Å². The average Bonchev–Trinajstić information content (AvgIpc) is 2.32. The molecule has 2 aromatic carbocycles. The van der Waals surface area contributed by atoms with Gasteiger partial charge in [0.2, 0.25) is 0 Å². The highest BCUT2D eigenvalue weighted by Gasteiger charge is 2.12. The standard InChI is InChI=1S/C13H8BrClFI/c14-11-7-9(4-5-12(11)16)13(15)8-2-1-3-10(17)6-8/h1-7,13H. The van der Waals surface area contributed by atoms with Gasteiger partial charge < -0.3 is 0 Å². The van der Waals surface area contributed by atoms with Crippen LogP contribution in [0.25, 0.3) is 0 Å². The quantitative estimate of drug-likeness (QED) is 0.439. The molecule has 17 heavy (non-hydrogen) atoms. The van der Waals surface area contributed by atoms with Gasteiger partial charge in [0, 0.05) is 3.57 Å². The van der Waals surface area contributed by atoms with Gasteiger partial charge in [0.1, 0.15) is 5.82 Å². The molecular formula is C13H8BrClFI. The molecule has 0 saturated carbocycles. The minimum atomic E-state index is -0.278. The van der Waals surface area contributed by atoms with Gasteiger partial charge in [-0.25, -0.2) is 4.39 Å². The van der Waals surface area contributed by atoms with Crippen molar-refractivity contribution in [3.05, 3.63) is 67.5 Å². The van der Waals surface area contributed by atoms with E-state index in [2.05, 4.69) is 38.5 Å². The largest absolute Gasteiger partial charge is 0.206 e. The minimum absolute atomic E-state index is 0.262. The first-order chi connectivity index (χ1) is 8.08. The van der Waals surface area contributed by atoms with Gasteiger partial charge in [0.05, 0.1) is 9.85 Å². The van der Waals surface area contributed by atoms with Gasteiger partial charge in [0.25, 0.3) is 0 Å². The molecule has 0 spiro atoms. The maximum atomic E-state index is 13.1. The Morgan fingerprint density at radius 1 is 1.12 bits per heavy atom. The van der Waals surface area contributed by atoms with Crippen molar-refractivity contribution in [3.8, 4) is 0 Å². The number of halogens is 4. The molecule has 0 heterocycles. The summed E-state index contributed by atoms with van der Waals surface area (Å²) in [5.41, 5.74) is 1.89. The van der Waals surface area contributed by atoms with Crippen LogP contribution in [0.2, 0.25) is 0 Å². The smallest absolute Gasteiger partial charge is 0.137 e. The molecule has 0 bridgehead atoms. The minimum Gasteiger partial charge on any atom is -0.206 e. The Morgan fingerprint density at radius 2 is 1.82 bits per heavy atom. The number of hydrogen-bond donors (Lipinski definition) is 0. The van der Waals surface area contributed by atoms with E-state index >= 15 is 0 Å². The van der Waals surface area contributed by atoms with Crippen molar-refractivity contribution >= 4 is 50.1 Å². The summed E-state index contributed by atoms with van der Waals surface area (Å²) in [4.78, 5) is 0. The highest BCUT2D eigenvalue weighted by atomic mass is 127. The first-order valence-corrected chi connectivity index (χ1v) is 7.23. The van der Waals surface area contributed by atoms with Gasteiger partial charge in [-0.05, 0) is 73.9 Å². The van der Waals surface area contributed by atoms with Crippen molar-refractivity contribution in [3.63, 3.8) is 0 Å². The van der Waals surface area contributed by atoms with Crippen molar-refractivity contribution in [1.29, 1.82) is 0 Å². The summed E-state index contributed by atoms with van der Waals surface area (Å²) in [7, 11) is 0. The van der Waals surface area contributed by atoms with E-state index in [-0.39, 0.29) is 11.2 Å². The molecule has 0 aromatic heterocycles. The SMILES string of the molecule is Fc1ccc(C(Cl)c2cccc(I)c2)cc1Br. The Morgan fingerprint density at radius 3 is 2.47 bits per heavy atom. The van der Waals surface area contributed by atoms with Gasteiger partial charge in [-0.2, -0.15) is 0 Å². The Labute approximate surface area is 126 Å². The fraction of sp³-hybridized carbons (Fsp3) is 0.0769. The Hall–Kier alpha value is -0.130. The molecule has 0 radical (unpaired) electrons. The van der Waals surface area contributed by atoms with Crippen LogP contribution >= 0.6 is 50.1 Å². The molecule has 0 aliphatic carbocycles. The normalized spacial score (nSPS) is 12.5. The lowest BCUT2D eigenvalue weighted by atomic mass is 10.0. The fourth-order valence-electron chi connectivity index (χ4n) is 1.53. The van der Waals surface area contributed by atoms with Crippen LogP contribution in [-0.2, 0) is 0 Å². The van der Waals surface area contributed by atoms with Gasteiger partial charge >= 0.3 is 0 Å². The predicted octanol–water partition coefficient (Wildman–Crippen LogP) is 5.52. The zero-order chi connectivity index (χ0) is 12.4. The lowest BCUT2D eigenvalue weighted by Gasteiger charge is -2.11. The molecule has 0 amide bonds. The summed E-state index contributed by atoms with van der Waals surface area (Å²) in [6.07, 6.45) is 0. The van der Waals surface area contributed by atoms with E-state index in [0.29, 0.717) is 4.47 Å². The second kappa shape index (κ2) is 5.67. The Bertz CT molecular complexity index is 545. The van der Waals surface area contributed by atoms with E-state index < -0.39 is 0 Å². The fourth-order valence-corrected chi connectivity index (χ4v) is 2.76. The van der Waals surface area contributed by atoms with E-state index in [1.165, 1.54) is 6.07 Å². The summed E-state index contributed by atoms with van der Waals surface area (Å²) < 4.78 is 14.7.